The monoisotopic (exact) mass is 288 g/mol. The fraction of sp³-hybridized carbons (Fsp3) is 0.231. The Labute approximate surface area is 116 Å². The summed E-state index contributed by atoms with van der Waals surface area (Å²) in [5.74, 6) is 0. The summed E-state index contributed by atoms with van der Waals surface area (Å²) in [5.41, 5.74) is 2.53. The average molecular weight is 288 g/mol. The van der Waals surface area contributed by atoms with E-state index in [9.17, 15) is 17.3 Å². The van der Waals surface area contributed by atoms with Gasteiger partial charge in [0.1, 0.15) is 6.20 Å². The van der Waals surface area contributed by atoms with Gasteiger partial charge in [0.15, 0.2) is 6.67 Å². The predicted molar refractivity (Wildman–Crippen MR) is 73.2 cm³/mol. The van der Waals surface area contributed by atoms with Crippen LogP contribution in [0, 0.1) is 0 Å². The minimum absolute atomic E-state index is 0.991. The molecule has 0 aliphatic carbocycles. The molecule has 0 fully saturated rings. The van der Waals surface area contributed by atoms with Crippen molar-refractivity contribution >= 4 is 13.3 Å². The van der Waals surface area contributed by atoms with Crippen molar-refractivity contribution in [2.45, 2.75) is 6.54 Å². The molecule has 0 saturated heterocycles. The minimum atomic E-state index is -6.00. The first-order valence-electron chi connectivity index (χ1n) is 6.11. The molecule has 0 amide bonds. The number of hydrogen-bond donors (Lipinski definition) is 1. The fourth-order valence-corrected chi connectivity index (χ4v) is 1.76. The normalized spacial score (nSPS) is 17.6. The Balaban J connectivity index is 0.000000347. The van der Waals surface area contributed by atoms with Gasteiger partial charge in [0.2, 0.25) is 0 Å². The molecule has 0 bridgehead atoms. The average Bonchev–Trinajstić information content (AvgIpc) is 2.74. The van der Waals surface area contributed by atoms with Crippen LogP contribution in [0.1, 0.15) is 11.1 Å². The van der Waals surface area contributed by atoms with Crippen LogP contribution in [0.15, 0.2) is 43.2 Å². The van der Waals surface area contributed by atoms with E-state index >= 15 is 0 Å². The largest absolute Gasteiger partial charge is 0.673 e. The van der Waals surface area contributed by atoms with Gasteiger partial charge in [-0.05, 0) is 11.1 Å². The Kier molecular flexibility index (Phi) is 5.82. The third-order valence-electron chi connectivity index (χ3n) is 2.62. The summed E-state index contributed by atoms with van der Waals surface area (Å²) >= 11 is 0. The van der Waals surface area contributed by atoms with Gasteiger partial charge in [-0.3, -0.25) is 4.90 Å². The Hall–Kier alpha value is -1.76. The van der Waals surface area contributed by atoms with Crippen LogP contribution < -0.4 is 4.90 Å². The second kappa shape index (κ2) is 7.14. The van der Waals surface area contributed by atoms with E-state index in [4.69, 9.17) is 0 Å². The number of nitrogens with one attached hydrogen (secondary N) is 1. The number of nitrogens with zero attached hydrogens (tertiary/aromatic N) is 1. The standard InChI is InChI=1S/C13H16N2.BF4/c1-3-12-4-6-13(7-5-12)10-15-9-8-14(2)11-15;2-1(3,4)5/h3-9H,1,10-11H2,2H3;/q;-1/p+1. The highest BCUT2D eigenvalue weighted by atomic mass is 19.5. The summed E-state index contributed by atoms with van der Waals surface area (Å²) in [7, 11) is -3.84. The van der Waals surface area contributed by atoms with E-state index in [1.165, 1.54) is 16.0 Å². The minimum Gasteiger partial charge on any atom is -0.418 e. The van der Waals surface area contributed by atoms with Crippen LogP contribution in [-0.2, 0) is 6.54 Å². The van der Waals surface area contributed by atoms with Crippen LogP contribution in [0.25, 0.3) is 6.08 Å². The van der Waals surface area contributed by atoms with E-state index in [1.807, 2.05) is 6.08 Å². The maximum absolute atomic E-state index is 9.75. The van der Waals surface area contributed by atoms with Crippen LogP contribution in [0.3, 0.4) is 0 Å². The predicted octanol–water partition coefficient (Wildman–Crippen LogP) is 2.39. The van der Waals surface area contributed by atoms with Gasteiger partial charge in [-0.15, -0.1) is 0 Å². The van der Waals surface area contributed by atoms with Crippen LogP contribution in [0.5, 0.6) is 0 Å². The van der Waals surface area contributed by atoms with E-state index in [0.29, 0.717) is 0 Å². The molecule has 0 saturated carbocycles. The molecule has 0 spiro atoms. The van der Waals surface area contributed by atoms with Crippen molar-refractivity contribution < 1.29 is 22.2 Å². The summed E-state index contributed by atoms with van der Waals surface area (Å²) < 4.78 is 39.0. The van der Waals surface area contributed by atoms with Gasteiger partial charge in [0.05, 0.1) is 13.2 Å². The zero-order valence-electron chi connectivity index (χ0n) is 11.2. The lowest BCUT2D eigenvalue weighted by Gasteiger charge is -2.14. The lowest BCUT2D eigenvalue weighted by Crippen LogP contribution is -3.03. The maximum Gasteiger partial charge on any atom is 0.673 e. The zero-order valence-corrected chi connectivity index (χ0v) is 11.2. The molecule has 1 atom stereocenters. The quantitative estimate of drug-likeness (QED) is 0.663. The summed E-state index contributed by atoms with van der Waals surface area (Å²) in [6, 6.07) is 8.55. The Morgan fingerprint density at radius 1 is 1.25 bits per heavy atom. The molecule has 0 aromatic heterocycles. The lowest BCUT2D eigenvalue weighted by molar-refractivity contribution is -0.827. The Morgan fingerprint density at radius 2 is 1.80 bits per heavy atom. The Morgan fingerprint density at radius 3 is 2.20 bits per heavy atom. The fourth-order valence-electron chi connectivity index (χ4n) is 1.76. The van der Waals surface area contributed by atoms with E-state index in [1.54, 1.807) is 0 Å². The molecule has 1 aliphatic heterocycles. The zero-order chi connectivity index (χ0) is 15.2. The van der Waals surface area contributed by atoms with Crippen molar-refractivity contribution in [3.05, 3.63) is 54.4 Å². The number of quaternary nitrogens is 1. The first-order valence-corrected chi connectivity index (χ1v) is 6.11. The van der Waals surface area contributed by atoms with Crippen molar-refractivity contribution in [3.8, 4) is 0 Å². The van der Waals surface area contributed by atoms with E-state index in [-0.39, 0.29) is 0 Å². The first kappa shape index (κ1) is 16.3. The van der Waals surface area contributed by atoms with E-state index < -0.39 is 7.25 Å². The van der Waals surface area contributed by atoms with Crippen molar-refractivity contribution in [2.24, 2.45) is 0 Å². The second-order valence-corrected chi connectivity index (χ2v) is 4.51. The third kappa shape index (κ3) is 6.99. The smallest absolute Gasteiger partial charge is 0.418 e. The molecule has 1 aromatic rings. The van der Waals surface area contributed by atoms with Gasteiger partial charge in [-0.2, -0.15) is 0 Å². The van der Waals surface area contributed by atoms with Gasteiger partial charge in [-0.1, -0.05) is 36.9 Å². The summed E-state index contributed by atoms with van der Waals surface area (Å²) in [6.45, 7) is 5.80. The van der Waals surface area contributed by atoms with Crippen LogP contribution >= 0.6 is 0 Å². The number of hydrogen-bond acceptors (Lipinski definition) is 1. The van der Waals surface area contributed by atoms with Crippen LogP contribution in [-0.4, -0.2) is 25.9 Å². The van der Waals surface area contributed by atoms with E-state index in [2.05, 4.69) is 55.2 Å². The molecule has 110 valence electrons. The highest BCUT2D eigenvalue weighted by Crippen LogP contribution is 2.08. The van der Waals surface area contributed by atoms with Crippen molar-refractivity contribution in [1.29, 1.82) is 0 Å². The number of benzene rings is 1. The van der Waals surface area contributed by atoms with Gasteiger partial charge >= 0.3 is 7.25 Å². The Bertz CT molecular complexity index is 450. The van der Waals surface area contributed by atoms with Crippen molar-refractivity contribution in [2.75, 3.05) is 13.7 Å². The highest BCUT2D eigenvalue weighted by Gasteiger charge is 2.20. The van der Waals surface area contributed by atoms with Crippen LogP contribution in [0.2, 0.25) is 0 Å². The van der Waals surface area contributed by atoms with Gasteiger partial charge < -0.3 is 22.2 Å². The van der Waals surface area contributed by atoms with Crippen molar-refractivity contribution in [1.82, 2.24) is 4.90 Å². The molecule has 1 heterocycles. The lowest BCUT2D eigenvalue weighted by atomic mass is 10.1. The molecule has 2 rings (SSSR count). The van der Waals surface area contributed by atoms with Gasteiger partial charge in [0, 0.05) is 6.54 Å². The molecule has 1 aromatic carbocycles. The molecule has 20 heavy (non-hydrogen) atoms. The molecule has 1 N–H and O–H groups in total. The molecular weight excluding hydrogens is 271 g/mol. The second-order valence-electron chi connectivity index (χ2n) is 4.51. The number of rotatable bonds is 3. The topological polar surface area (TPSA) is 7.68 Å². The molecule has 0 radical (unpaired) electrons. The van der Waals surface area contributed by atoms with Crippen molar-refractivity contribution in [3.63, 3.8) is 0 Å². The molecule has 1 unspecified atom stereocenters. The summed E-state index contributed by atoms with van der Waals surface area (Å²) in [5, 5.41) is 0. The van der Waals surface area contributed by atoms with Gasteiger partial charge in [-0.25, -0.2) is 0 Å². The third-order valence-corrected chi connectivity index (χ3v) is 2.62. The summed E-state index contributed by atoms with van der Waals surface area (Å²) in [4.78, 5) is 3.75. The summed E-state index contributed by atoms with van der Waals surface area (Å²) in [6.07, 6.45) is 6.21. The number of halogens is 4. The molecular formula is C13H17BF4N2. The van der Waals surface area contributed by atoms with Gasteiger partial charge in [0.25, 0.3) is 0 Å². The first-order chi connectivity index (χ1) is 9.28. The molecule has 1 aliphatic rings. The van der Waals surface area contributed by atoms with Crippen LogP contribution in [0.4, 0.5) is 17.3 Å². The maximum atomic E-state index is 9.75. The highest BCUT2D eigenvalue weighted by molar-refractivity contribution is 6.50. The molecule has 2 nitrogen and oxygen atoms in total. The van der Waals surface area contributed by atoms with E-state index in [0.717, 1.165) is 13.2 Å². The SMILES string of the molecule is C=Cc1ccc(CN2C=C[NH+](C)C2)cc1.F[B-](F)(F)F. The molecule has 7 heteroatoms.